The molecule has 5 nitrogen and oxygen atoms in total. The minimum absolute atomic E-state index is 0. The van der Waals surface area contributed by atoms with Crippen molar-refractivity contribution < 1.29 is 4.74 Å². The Kier molecular flexibility index (Phi) is 9.59. The first-order chi connectivity index (χ1) is 9.81. The van der Waals surface area contributed by atoms with E-state index in [0.717, 1.165) is 32.8 Å². The van der Waals surface area contributed by atoms with Gasteiger partial charge in [0.05, 0.1) is 19.8 Å². The Balaban J connectivity index is 0.00000220. The molecule has 0 bridgehead atoms. The molecule has 2 aliphatic heterocycles. The smallest absolute Gasteiger partial charge is 0.191 e. The number of hydrogen-bond donors (Lipinski definition) is 1. The first-order valence-electron chi connectivity index (χ1n) is 8.18. The largest absolute Gasteiger partial charge is 0.378 e. The Morgan fingerprint density at radius 3 is 2.71 bits per heavy atom. The number of hydrogen-bond acceptors (Lipinski definition) is 3. The van der Waals surface area contributed by atoms with Crippen molar-refractivity contribution in [2.75, 3.05) is 45.9 Å². The molecule has 0 aromatic heterocycles. The van der Waals surface area contributed by atoms with E-state index in [-0.39, 0.29) is 24.0 Å². The number of nitrogens with two attached hydrogens (primary N) is 1. The van der Waals surface area contributed by atoms with Gasteiger partial charge in [-0.05, 0) is 32.4 Å². The molecule has 0 spiro atoms. The van der Waals surface area contributed by atoms with Crippen LogP contribution in [0, 0.1) is 0 Å². The summed E-state index contributed by atoms with van der Waals surface area (Å²) in [5.41, 5.74) is 6.11. The molecule has 2 saturated heterocycles. The van der Waals surface area contributed by atoms with E-state index in [9.17, 15) is 0 Å². The van der Waals surface area contributed by atoms with Crippen LogP contribution in [0.4, 0.5) is 0 Å². The van der Waals surface area contributed by atoms with Crippen LogP contribution in [0.25, 0.3) is 0 Å². The predicted molar refractivity (Wildman–Crippen MR) is 98.4 cm³/mol. The molecule has 0 aromatic carbocycles. The van der Waals surface area contributed by atoms with Gasteiger partial charge < -0.3 is 15.4 Å². The average Bonchev–Trinajstić information content (AvgIpc) is 2.52. The van der Waals surface area contributed by atoms with Crippen molar-refractivity contribution in [3.05, 3.63) is 0 Å². The number of rotatable bonds is 5. The lowest BCUT2D eigenvalue weighted by Crippen LogP contribution is -2.46. The molecule has 2 rings (SSSR count). The van der Waals surface area contributed by atoms with Crippen LogP contribution in [0.3, 0.4) is 0 Å². The molecule has 2 N–H and O–H groups in total. The molecule has 0 aliphatic carbocycles. The summed E-state index contributed by atoms with van der Waals surface area (Å²) in [6.45, 7) is 8.84. The first-order valence-corrected chi connectivity index (χ1v) is 8.18. The highest BCUT2D eigenvalue weighted by molar-refractivity contribution is 14.0. The number of piperidine rings is 1. The second-order valence-electron chi connectivity index (χ2n) is 5.84. The number of likely N-dealkylation sites (tertiary alicyclic amines) is 1. The second-order valence-corrected chi connectivity index (χ2v) is 5.84. The van der Waals surface area contributed by atoms with E-state index >= 15 is 0 Å². The maximum Gasteiger partial charge on any atom is 0.191 e. The molecule has 0 amide bonds. The lowest BCUT2D eigenvalue weighted by Gasteiger charge is -2.35. The van der Waals surface area contributed by atoms with Crippen LogP contribution in [0.1, 0.15) is 39.0 Å². The van der Waals surface area contributed by atoms with Gasteiger partial charge in [-0.15, -0.1) is 24.0 Å². The SMILES string of the molecule is CCCCN1CCCCC1CN=C(N)N1CCOCC1.I. The maximum absolute atomic E-state index is 6.11. The van der Waals surface area contributed by atoms with Gasteiger partial charge in [0.25, 0.3) is 0 Å². The van der Waals surface area contributed by atoms with Gasteiger partial charge in [0.2, 0.25) is 0 Å². The normalized spacial score (nSPS) is 24.7. The lowest BCUT2D eigenvalue weighted by molar-refractivity contribution is 0.0672. The minimum atomic E-state index is 0. The van der Waals surface area contributed by atoms with Crippen LogP contribution in [0.5, 0.6) is 0 Å². The highest BCUT2D eigenvalue weighted by Gasteiger charge is 2.22. The second kappa shape index (κ2) is 10.6. The average molecular weight is 410 g/mol. The summed E-state index contributed by atoms with van der Waals surface area (Å²) >= 11 is 0. The zero-order valence-corrected chi connectivity index (χ0v) is 15.6. The van der Waals surface area contributed by atoms with Gasteiger partial charge in [-0.25, -0.2) is 0 Å². The van der Waals surface area contributed by atoms with E-state index in [1.165, 1.54) is 45.2 Å². The fourth-order valence-electron chi connectivity index (χ4n) is 3.01. The van der Waals surface area contributed by atoms with Gasteiger partial charge >= 0.3 is 0 Å². The highest BCUT2D eigenvalue weighted by atomic mass is 127. The van der Waals surface area contributed by atoms with Crippen molar-refractivity contribution in [2.24, 2.45) is 10.7 Å². The lowest BCUT2D eigenvalue weighted by atomic mass is 10.0. The Bertz CT molecular complexity index is 308. The molecular weight excluding hydrogens is 379 g/mol. The molecule has 124 valence electrons. The summed E-state index contributed by atoms with van der Waals surface area (Å²) in [6.07, 6.45) is 6.49. The summed E-state index contributed by atoms with van der Waals surface area (Å²) in [4.78, 5) is 9.41. The zero-order valence-electron chi connectivity index (χ0n) is 13.3. The zero-order chi connectivity index (χ0) is 14.2. The molecule has 0 aromatic rings. The van der Waals surface area contributed by atoms with E-state index in [0.29, 0.717) is 12.0 Å². The number of morpholine rings is 1. The third-order valence-corrected chi connectivity index (χ3v) is 4.35. The molecule has 0 saturated carbocycles. The van der Waals surface area contributed by atoms with Crippen molar-refractivity contribution in [1.82, 2.24) is 9.80 Å². The highest BCUT2D eigenvalue weighted by Crippen LogP contribution is 2.18. The number of ether oxygens (including phenoxy) is 1. The summed E-state index contributed by atoms with van der Waals surface area (Å²) < 4.78 is 5.35. The summed E-state index contributed by atoms with van der Waals surface area (Å²) in [7, 11) is 0. The third-order valence-electron chi connectivity index (χ3n) is 4.35. The summed E-state index contributed by atoms with van der Waals surface area (Å²) in [5, 5.41) is 0. The number of halogens is 1. The third kappa shape index (κ3) is 6.28. The van der Waals surface area contributed by atoms with Gasteiger partial charge in [-0.1, -0.05) is 19.8 Å². The van der Waals surface area contributed by atoms with Crippen molar-refractivity contribution in [2.45, 2.75) is 45.1 Å². The molecule has 1 unspecified atom stereocenters. The summed E-state index contributed by atoms with van der Waals surface area (Å²) in [6, 6.07) is 0.592. The van der Waals surface area contributed by atoms with Gasteiger partial charge in [0.1, 0.15) is 0 Å². The molecular formula is C15H31IN4O. The molecule has 2 aliphatic rings. The van der Waals surface area contributed by atoms with Crippen molar-refractivity contribution in [3.8, 4) is 0 Å². The Morgan fingerprint density at radius 2 is 2.00 bits per heavy atom. The molecule has 2 fully saturated rings. The molecule has 0 radical (unpaired) electrons. The van der Waals surface area contributed by atoms with Crippen LogP contribution < -0.4 is 5.73 Å². The fraction of sp³-hybridized carbons (Fsp3) is 0.933. The van der Waals surface area contributed by atoms with Gasteiger partial charge in [-0.3, -0.25) is 9.89 Å². The molecule has 2 heterocycles. The van der Waals surface area contributed by atoms with Crippen LogP contribution in [0.2, 0.25) is 0 Å². The number of unbranched alkanes of at least 4 members (excludes halogenated alkanes) is 1. The Morgan fingerprint density at radius 1 is 1.24 bits per heavy atom. The van der Waals surface area contributed by atoms with Crippen molar-refractivity contribution in [1.29, 1.82) is 0 Å². The maximum atomic E-state index is 6.11. The number of aliphatic imine (C=N–C) groups is 1. The standard InChI is InChI=1S/C15H30N4O.HI/c1-2-3-7-18-8-5-4-6-14(18)13-17-15(16)19-9-11-20-12-10-19;/h14H,2-13H2,1H3,(H2,16,17);1H. The Hall–Kier alpha value is -0.0800. The van der Waals surface area contributed by atoms with Gasteiger partial charge in [-0.2, -0.15) is 0 Å². The molecule has 21 heavy (non-hydrogen) atoms. The van der Waals surface area contributed by atoms with E-state index in [1.54, 1.807) is 0 Å². The van der Waals surface area contributed by atoms with E-state index < -0.39 is 0 Å². The van der Waals surface area contributed by atoms with Crippen molar-refractivity contribution in [3.63, 3.8) is 0 Å². The van der Waals surface area contributed by atoms with Gasteiger partial charge in [0.15, 0.2) is 5.96 Å². The van der Waals surface area contributed by atoms with E-state index in [1.807, 2.05) is 0 Å². The van der Waals surface area contributed by atoms with Crippen molar-refractivity contribution >= 4 is 29.9 Å². The fourth-order valence-corrected chi connectivity index (χ4v) is 3.01. The van der Waals surface area contributed by atoms with Crippen LogP contribution >= 0.6 is 24.0 Å². The van der Waals surface area contributed by atoms with E-state index in [4.69, 9.17) is 10.5 Å². The molecule has 6 heteroatoms. The van der Waals surface area contributed by atoms with Gasteiger partial charge in [0, 0.05) is 19.1 Å². The quantitative estimate of drug-likeness (QED) is 0.428. The topological polar surface area (TPSA) is 54.1 Å². The summed E-state index contributed by atoms with van der Waals surface area (Å²) in [5.74, 6) is 0.703. The van der Waals surface area contributed by atoms with Crippen LogP contribution in [0.15, 0.2) is 4.99 Å². The monoisotopic (exact) mass is 410 g/mol. The predicted octanol–water partition coefficient (Wildman–Crippen LogP) is 1.91. The number of nitrogens with zero attached hydrogens (tertiary/aromatic N) is 3. The molecule has 1 atom stereocenters. The Labute approximate surface area is 146 Å². The minimum Gasteiger partial charge on any atom is -0.378 e. The van der Waals surface area contributed by atoms with Crippen LogP contribution in [-0.2, 0) is 4.74 Å². The van der Waals surface area contributed by atoms with Crippen LogP contribution in [-0.4, -0.2) is 67.7 Å². The number of guanidine groups is 1. The first kappa shape index (κ1) is 19.0. The van der Waals surface area contributed by atoms with E-state index in [2.05, 4.69) is 21.7 Å².